The molecule has 1 unspecified atom stereocenters. The lowest BCUT2D eigenvalue weighted by atomic mass is 10.0. The van der Waals surface area contributed by atoms with E-state index in [1.54, 1.807) is 11.0 Å². The van der Waals surface area contributed by atoms with Crippen LogP contribution in [0.3, 0.4) is 0 Å². The summed E-state index contributed by atoms with van der Waals surface area (Å²) in [6.07, 6.45) is 1.69. The fourth-order valence-electron chi connectivity index (χ4n) is 3.39. The van der Waals surface area contributed by atoms with E-state index in [0.29, 0.717) is 38.8 Å². The van der Waals surface area contributed by atoms with E-state index in [4.69, 9.17) is 15.5 Å². The minimum Gasteiger partial charge on any atom is -0.378 e. The standard InChI is InChI=1S/C17H20N6O2/c1-2-7-23-13-6-4-3-5-12(13)17(14(23)24)20-15(18)19-16(21-17)22-8-10-25-11-9-22/h2-6H,1,7-11H2,(H3,18,19,20,21). The van der Waals surface area contributed by atoms with E-state index in [-0.39, 0.29) is 11.9 Å². The Bertz CT molecular complexity index is 783. The van der Waals surface area contributed by atoms with Crippen LogP contribution in [0, 0.1) is 0 Å². The molecule has 4 rings (SSSR count). The molecular weight excluding hydrogens is 320 g/mol. The first-order valence-electron chi connectivity index (χ1n) is 8.23. The predicted octanol–water partition coefficient (Wildman–Crippen LogP) is -0.0219. The summed E-state index contributed by atoms with van der Waals surface area (Å²) in [6, 6.07) is 7.53. The fraction of sp³-hybridized carbons (Fsp3) is 0.353. The molecule has 3 aliphatic heterocycles. The number of aliphatic imine (C=N–C) groups is 2. The molecule has 0 radical (unpaired) electrons. The first-order valence-corrected chi connectivity index (χ1v) is 8.23. The van der Waals surface area contributed by atoms with E-state index in [1.165, 1.54) is 0 Å². The van der Waals surface area contributed by atoms with Crippen LogP contribution in [-0.2, 0) is 15.2 Å². The van der Waals surface area contributed by atoms with E-state index in [2.05, 4.69) is 16.9 Å². The molecule has 3 aliphatic rings. The van der Waals surface area contributed by atoms with Crippen LogP contribution in [0.1, 0.15) is 5.56 Å². The number of anilines is 1. The van der Waals surface area contributed by atoms with Gasteiger partial charge in [0.15, 0.2) is 5.96 Å². The average molecular weight is 340 g/mol. The zero-order valence-electron chi connectivity index (χ0n) is 13.8. The molecule has 0 bridgehead atoms. The van der Waals surface area contributed by atoms with Crippen molar-refractivity contribution in [1.82, 2.24) is 10.2 Å². The Morgan fingerprint density at radius 2 is 2.08 bits per heavy atom. The van der Waals surface area contributed by atoms with Gasteiger partial charge in [-0.3, -0.25) is 10.1 Å². The SMILES string of the molecule is C=CCN1C(=O)C2(N=C(N)NC(N3CCOCC3)=N2)c2ccccc21. The molecule has 0 aliphatic carbocycles. The van der Waals surface area contributed by atoms with Crippen molar-refractivity contribution in [3.05, 3.63) is 42.5 Å². The Labute approximate surface area is 145 Å². The third kappa shape index (κ3) is 2.37. The lowest BCUT2D eigenvalue weighted by Gasteiger charge is -2.34. The lowest BCUT2D eigenvalue weighted by molar-refractivity contribution is -0.122. The molecule has 0 aromatic heterocycles. The zero-order chi connectivity index (χ0) is 17.4. The second-order valence-electron chi connectivity index (χ2n) is 6.05. The topological polar surface area (TPSA) is 95.5 Å². The molecule has 130 valence electrons. The van der Waals surface area contributed by atoms with E-state index in [1.807, 2.05) is 29.2 Å². The van der Waals surface area contributed by atoms with Crippen LogP contribution >= 0.6 is 0 Å². The quantitative estimate of drug-likeness (QED) is 0.738. The third-order valence-electron chi connectivity index (χ3n) is 4.53. The maximum Gasteiger partial charge on any atom is 0.282 e. The van der Waals surface area contributed by atoms with Gasteiger partial charge >= 0.3 is 0 Å². The van der Waals surface area contributed by atoms with Crippen molar-refractivity contribution in [2.45, 2.75) is 5.66 Å². The van der Waals surface area contributed by atoms with Gasteiger partial charge in [-0.2, -0.15) is 0 Å². The number of carbonyl (C=O) groups excluding carboxylic acids is 1. The van der Waals surface area contributed by atoms with Crippen LogP contribution in [0.15, 0.2) is 46.9 Å². The molecule has 1 aromatic carbocycles. The van der Waals surface area contributed by atoms with Gasteiger partial charge in [0.25, 0.3) is 11.6 Å². The number of guanidine groups is 2. The summed E-state index contributed by atoms with van der Waals surface area (Å²) in [4.78, 5) is 26.1. The zero-order valence-corrected chi connectivity index (χ0v) is 13.8. The summed E-state index contributed by atoms with van der Waals surface area (Å²) in [7, 11) is 0. The van der Waals surface area contributed by atoms with Gasteiger partial charge in [0.1, 0.15) is 0 Å². The van der Waals surface area contributed by atoms with E-state index in [0.717, 1.165) is 11.3 Å². The number of benzene rings is 1. The van der Waals surface area contributed by atoms with Crippen molar-refractivity contribution in [2.24, 2.45) is 15.7 Å². The number of carbonyl (C=O) groups is 1. The van der Waals surface area contributed by atoms with E-state index in [9.17, 15) is 4.79 Å². The molecule has 1 saturated heterocycles. The van der Waals surface area contributed by atoms with Crippen molar-refractivity contribution in [3.63, 3.8) is 0 Å². The maximum absolute atomic E-state index is 13.2. The number of hydrogen-bond donors (Lipinski definition) is 2. The van der Waals surface area contributed by atoms with Gasteiger partial charge in [0.05, 0.1) is 18.9 Å². The first-order chi connectivity index (χ1) is 12.2. The van der Waals surface area contributed by atoms with Gasteiger partial charge in [0, 0.05) is 25.2 Å². The Hall–Kier alpha value is -2.87. The first kappa shape index (κ1) is 15.6. The van der Waals surface area contributed by atoms with Gasteiger partial charge in [-0.05, 0) is 6.07 Å². The van der Waals surface area contributed by atoms with Gasteiger partial charge < -0.3 is 20.3 Å². The predicted molar refractivity (Wildman–Crippen MR) is 95.3 cm³/mol. The second kappa shape index (κ2) is 5.89. The average Bonchev–Trinajstić information content (AvgIpc) is 2.85. The molecule has 0 saturated carbocycles. The normalized spacial score (nSPS) is 25.4. The summed E-state index contributed by atoms with van der Waals surface area (Å²) in [6.45, 7) is 6.72. The highest BCUT2D eigenvalue weighted by molar-refractivity contribution is 6.12. The highest BCUT2D eigenvalue weighted by Gasteiger charge is 2.53. The van der Waals surface area contributed by atoms with E-state index >= 15 is 0 Å². The van der Waals surface area contributed by atoms with Crippen molar-refractivity contribution in [1.29, 1.82) is 0 Å². The molecule has 8 heteroatoms. The molecule has 1 aromatic rings. The molecule has 25 heavy (non-hydrogen) atoms. The van der Waals surface area contributed by atoms with Crippen molar-refractivity contribution in [3.8, 4) is 0 Å². The van der Waals surface area contributed by atoms with Crippen molar-refractivity contribution in [2.75, 3.05) is 37.7 Å². The summed E-state index contributed by atoms with van der Waals surface area (Å²) in [5.74, 6) is 0.517. The molecule has 1 atom stereocenters. The molecule has 3 N–H and O–H groups in total. The van der Waals surface area contributed by atoms with Crippen LogP contribution in [0.4, 0.5) is 5.69 Å². The summed E-state index contributed by atoms with van der Waals surface area (Å²) < 4.78 is 5.39. The van der Waals surface area contributed by atoms with Crippen LogP contribution in [0.25, 0.3) is 0 Å². The highest BCUT2D eigenvalue weighted by Crippen LogP contribution is 2.44. The molecule has 3 heterocycles. The number of hydrogen-bond acceptors (Lipinski definition) is 7. The molecular formula is C17H20N6O2. The van der Waals surface area contributed by atoms with Crippen LogP contribution < -0.4 is 16.0 Å². The Balaban J connectivity index is 1.83. The minimum absolute atomic E-state index is 0.181. The number of ether oxygens (including phenoxy) is 1. The number of nitrogens with two attached hydrogens (primary N) is 1. The molecule has 1 amide bonds. The maximum atomic E-state index is 13.2. The molecule has 1 spiro atoms. The number of amides is 1. The number of para-hydroxylation sites is 1. The van der Waals surface area contributed by atoms with Gasteiger partial charge in [-0.15, -0.1) is 6.58 Å². The van der Waals surface area contributed by atoms with Crippen LogP contribution in [0.2, 0.25) is 0 Å². The number of rotatable bonds is 2. The fourth-order valence-corrected chi connectivity index (χ4v) is 3.39. The number of nitrogens with one attached hydrogen (secondary N) is 1. The Kier molecular flexibility index (Phi) is 3.69. The summed E-state index contributed by atoms with van der Waals surface area (Å²) >= 11 is 0. The highest BCUT2D eigenvalue weighted by atomic mass is 16.5. The molecule has 1 fully saturated rings. The van der Waals surface area contributed by atoms with Crippen LogP contribution in [-0.4, -0.2) is 55.6 Å². The number of fused-ring (bicyclic) bond motifs is 2. The van der Waals surface area contributed by atoms with Gasteiger partial charge in [-0.25, -0.2) is 9.98 Å². The third-order valence-corrected chi connectivity index (χ3v) is 4.53. The number of morpholine rings is 1. The number of nitrogens with zero attached hydrogens (tertiary/aromatic N) is 4. The van der Waals surface area contributed by atoms with E-state index < -0.39 is 5.66 Å². The lowest BCUT2D eigenvalue weighted by Crippen LogP contribution is -2.56. The Morgan fingerprint density at radius 3 is 2.84 bits per heavy atom. The Morgan fingerprint density at radius 1 is 1.32 bits per heavy atom. The van der Waals surface area contributed by atoms with Crippen LogP contribution in [0.5, 0.6) is 0 Å². The second-order valence-corrected chi connectivity index (χ2v) is 6.05. The smallest absolute Gasteiger partial charge is 0.282 e. The summed E-state index contributed by atoms with van der Waals surface area (Å²) in [5.41, 5.74) is 6.18. The van der Waals surface area contributed by atoms with Gasteiger partial charge in [-0.1, -0.05) is 24.3 Å². The monoisotopic (exact) mass is 340 g/mol. The van der Waals surface area contributed by atoms with Gasteiger partial charge in [0.2, 0.25) is 5.96 Å². The molecule has 8 nitrogen and oxygen atoms in total. The minimum atomic E-state index is -1.37. The van der Waals surface area contributed by atoms with Crippen molar-refractivity contribution >= 4 is 23.5 Å². The largest absolute Gasteiger partial charge is 0.378 e. The summed E-state index contributed by atoms with van der Waals surface area (Å²) in [5, 5.41) is 2.99. The van der Waals surface area contributed by atoms with Crippen molar-refractivity contribution < 1.29 is 9.53 Å².